The molecule has 21 heavy (non-hydrogen) atoms. The number of benzene rings is 1. The summed E-state index contributed by atoms with van der Waals surface area (Å²) >= 11 is 4.78. The van der Waals surface area contributed by atoms with E-state index in [9.17, 15) is 12.8 Å². The minimum Gasteiger partial charge on any atom is -0.388 e. The lowest BCUT2D eigenvalue weighted by atomic mass is 10.2. The Kier molecular flexibility index (Phi) is 4.19. The Morgan fingerprint density at radius 3 is 2.71 bits per heavy atom. The van der Waals surface area contributed by atoms with E-state index in [2.05, 4.69) is 9.71 Å². The number of thiocarbonyl (C=S) groups is 1. The van der Waals surface area contributed by atoms with Gasteiger partial charge in [-0.1, -0.05) is 18.3 Å². The van der Waals surface area contributed by atoms with Crippen LogP contribution in [0.3, 0.4) is 0 Å². The highest BCUT2D eigenvalue weighted by atomic mass is 32.2. The molecule has 1 heterocycles. The maximum absolute atomic E-state index is 13.5. The Morgan fingerprint density at radius 2 is 2.10 bits per heavy atom. The molecule has 0 aliphatic carbocycles. The Hall–Kier alpha value is -2.06. The second-order valence-corrected chi connectivity index (χ2v) is 6.37. The summed E-state index contributed by atoms with van der Waals surface area (Å²) < 4.78 is 40.4. The lowest BCUT2D eigenvalue weighted by Crippen LogP contribution is -2.21. The van der Waals surface area contributed by atoms with Crippen LogP contribution in [-0.4, -0.2) is 18.4 Å². The number of anilines is 1. The van der Waals surface area contributed by atoms with Gasteiger partial charge in [-0.05, 0) is 36.8 Å². The number of halogens is 1. The van der Waals surface area contributed by atoms with Crippen LogP contribution in [0.5, 0.6) is 0 Å². The van der Waals surface area contributed by atoms with Crippen LogP contribution in [0.4, 0.5) is 10.1 Å². The van der Waals surface area contributed by atoms with Crippen molar-refractivity contribution >= 4 is 32.9 Å². The van der Waals surface area contributed by atoms with Crippen LogP contribution in [0.1, 0.15) is 11.3 Å². The molecule has 0 fully saturated rings. The monoisotopic (exact) mass is 325 g/mol. The fraction of sp³-hybridized carbons (Fsp3) is 0.0769. The molecule has 0 saturated heterocycles. The molecule has 0 unspecified atom stereocenters. The number of aromatic nitrogens is 1. The number of nitrogens with one attached hydrogen (secondary N) is 1. The van der Waals surface area contributed by atoms with Crippen molar-refractivity contribution in [1.82, 2.24) is 4.98 Å². The SMILES string of the molecule is Cc1ccc(NS(=O)(=O)c2cccnc2C(N)=S)cc1F. The molecular weight excluding hydrogens is 313 g/mol. The number of rotatable bonds is 4. The third-order valence-electron chi connectivity index (χ3n) is 2.72. The first kappa shape index (κ1) is 15.3. The quantitative estimate of drug-likeness (QED) is 0.840. The van der Waals surface area contributed by atoms with E-state index in [4.69, 9.17) is 18.0 Å². The largest absolute Gasteiger partial charge is 0.388 e. The van der Waals surface area contributed by atoms with E-state index in [0.29, 0.717) is 5.56 Å². The molecule has 110 valence electrons. The zero-order valence-corrected chi connectivity index (χ0v) is 12.6. The summed E-state index contributed by atoms with van der Waals surface area (Å²) in [5, 5.41) is 0. The zero-order valence-electron chi connectivity index (χ0n) is 11.0. The van der Waals surface area contributed by atoms with E-state index >= 15 is 0 Å². The van der Waals surface area contributed by atoms with Gasteiger partial charge in [-0.15, -0.1) is 0 Å². The van der Waals surface area contributed by atoms with Crippen LogP contribution >= 0.6 is 12.2 Å². The molecule has 0 radical (unpaired) electrons. The number of hydrogen-bond donors (Lipinski definition) is 2. The molecule has 2 aromatic rings. The van der Waals surface area contributed by atoms with Gasteiger partial charge in [0.15, 0.2) is 0 Å². The first-order valence-corrected chi connectivity index (χ1v) is 7.74. The first-order chi connectivity index (χ1) is 9.81. The molecule has 2 rings (SSSR count). The van der Waals surface area contributed by atoms with E-state index in [1.165, 1.54) is 30.5 Å². The van der Waals surface area contributed by atoms with Gasteiger partial charge in [0.05, 0.1) is 5.69 Å². The summed E-state index contributed by atoms with van der Waals surface area (Å²) in [6.45, 7) is 1.58. The highest BCUT2D eigenvalue weighted by Crippen LogP contribution is 2.20. The van der Waals surface area contributed by atoms with Crippen LogP contribution in [-0.2, 0) is 10.0 Å². The van der Waals surface area contributed by atoms with Gasteiger partial charge in [-0.25, -0.2) is 12.8 Å². The summed E-state index contributed by atoms with van der Waals surface area (Å²) in [4.78, 5) is 3.57. The van der Waals surface area contributed by atoms with Gasteiger partial charge in [-0.2, -0.15) is 0 Å². The number of sulfonamides is 1. The number of hydrogen-bond acceptors (Lipinski definition) is 4. The van der Waals surface area contributed by atoms with E-state index in [1.807, 2.05) is 0 Å². The molecular formula is C13H12FN3O2S2. The third-order valence-corrected chi connectivity index (χ3v) is 4.32. The number of aryl methyl sites for hydroxylation is 1. The molecule has 0 amide bonds. The molecule has 0 aliphatic heterocycles. The fourth-order valence-electron chi connectivity index (χ4n) is 1.66. The van der Waals surface area contributed by atoms with E-state index in [-0.39, 0.29) is 21.3 Å². The molecule has 3 N–H and O–H groups in total. The highest BCUT2D eigenvalue weighted by molar-refractivity contribution is 7.93. The van der Waals surface area contributed by atoms with Crippen LogP contribution in [0, 0.1) is 12.7 Å². The highest BCUT2D eigenvalue weighted by Gasteiger charge is 2.21. The second kappa shape index (κ2) is 5.74. The minimum absolute atomic E-state index is 0.00687. The topological polar surface area (TPSA) is 85.1 Å². The van der Waals surface area contributed by atoms with Crippen molar-refractivity contribution < 1.29 is 12.8 Å². The lowest BCUT2D eigenvalue weighted by Gasteiger charge is -2.11. The van der Waals surface area contributed by atoms with Crippen molar-refractivity contribution in [2.24, 2.45) is 5.73 Å². The van der Waals surface area contributed by atoms with Crippen LogP contribution in [0.15, 0.2) is 41.4 Å². The predicted molar refractivity (Wildman–Crippen MR) is 82.1 cm³/mol. The molecule has 0 saturated carbocycles. The van der Waals surface area contributed by atoms with Gasteiger partial charge in [0.2, 0.25) is 0 Å². The van der Waals surface area contributed by atoms with Crippen molar-refractivity contribution in [2.75, 3.05) is 4.72 Å². The number of nitrogens with zero attached hydrogens (tertiary/aromatic N) is 1. The van der Waals surface area contributed by atoms with Crippen LogP contribution in [0.25, 0.3) is 0 Å². The molecule has 1 aromatic carbocycles. The number of nitrogens with two attached hydrogens (primary N) is 1. The predicted octanol–water partition coefficient (Wildman–Crippen LogP) is 1.96. The van der Waals surface area contributed by atoms with E-state index in [1.54, 1.807) is 6.92 Å². The Bertz CT molecular complexity index is 807. The standard InChI is InChI=1S/C13H12FN3O2S2/c1-8-4-5-9(7-10(8)14)17-21(18,19)11-3-2-6-16-12(11)13(15)20/h2-7,17H,1H3,(H2,15,20). The van der Waals surface area contributed by atoms with Crippen LogP contribution in [0.2, 0.25) is 0 Å². The summed E-state index contributed by atoms with van der Waals surface area (Å²) in [7, 11) is -3.97. The summed E-state index contributed by atoms with van der Waals surface area (Å²) in [5.41, 5.74) is 5.99. The molecule has 8 heteroatoms. The van der Waals surface area contributed by atoms with Crippen molar-refractivity contribution in [2.45, 2.75) is 11.8 Å². The molecule has 0 atom stereocenters. The maximum Gasteiger partial charge on any atom is 0.264 e. The molecule has 0 aliphatic rings. The Balaban J connectivity index is 2.43. The normalized spacial score (nSPS) is 11.1. The summed E-state index contributed by atoms with van der Waals surface area (Å²) in [6, 6.07) is 6.82. The third kappa shape index (κ3) is 3.34. The van der Waals surface area contributed by atoms with Gasteiger partial charge in [0.25, 0.3) is 10.0 Å². The average Bonchev–Trinajstić information content (AvgIpc) is 2.42. The fourth-order valence-corrected chi connectivity index (χ4v) is 3.11. The molecule has 0 spiro atoms. The van der Waals surface area contributed by atoms with E-state index < -0.39 is 15.8 Å². The maximum atomic E-state index is 13.5. The van der Waals surface area contributed by atoms with Crippen molar-refractivity contribution in [1.29, 1.82) is 0 Å². The van der Waals surface area contributed by atoms with Crippen molar-refractivity contribution in [3.8, 4) is 0 Å². The number of pyridine rings is 1. The molecule has 1 aromatic heterocycles. The van der Waals surface area contributed by atoms with Gasteiger partial charge in [-0.3, -0.25) is 9.71 Å². The summed E-state index contributed by atoms with van der Waals surface area (Å²) in [5.74, 6) is -0.504. The smallest absolute Gasteiger partial charge is 0.264 e. The average molecular weight is 325 g/mol. The van der Waals surface area contributed by atoms with E-state index in [0.717, 1.165) is 6.07 Å². The summed E-state index contributed by atoms with van der Waals surface area (Å²) in [6.07, 6.45) is 1.39. The minimum atomic E-state index is -3.97. The lowest BCUT2D eigenvalue weighted by molar-refractivity contribution is 0.600. The van der Waals surface area contributed by atoms with Crippen molar-refractivity contribution in [3.05, 3.63) is 53.6 Å². The van der Waals surface area contributed by atoms with Gasteiger partial charge >= 0.3 is 0 Å². The Morgan fingerprint density at radius 1 is 1.38 bits per heavy atom. The zero-order chi connectivity index (χ0) is 15.6. The van der Waals surface area contributed by atoms with Crippen LogP contribution < -0.4 is 10.5 Å². The second-order valence-electron chi connectivity index (χ2n) is 4.28. The van der Waals surface area contributed by atoms with Gasteiger partial charge < -0.3 is 5.73 Å². The first-order valence-electron chi connectivity index (χ1n) is 5.85. The van der Waals surface area contributed by atoms with Crippen molar-refractivity contribution in [3.63, 3.8) is 0 Å². The molecule has 5 nitrogen and oxygen atoms in total. The van der Waals surface area contributed by atoms with Gasteiger partial charge in [0, 0.05) is 6.20 Å². The Labute approximate surface area is 127 Å². The molecule has 0 bridgehead atoms. The van der Waals surface area contributed by atoms with Gasteiger partial charge in [0.1, 0.15) is 21.4 Å².